The molecule has 2 aromatic rings. The lowest BCUT2D eigenvalue weighted by Crippen LogP contribution is -2.48. The predicted molar refractivity (Wildman–Crippen MR) is 120 cm³/mol. The van der Waals surface area contributed by atoms with Crippen molar-refractivity contribution in [1.29, 1.82) is 0 Å². The molecule has 6 heteroatoms. The van der Waals surface area contributed by atoms with Gasteiger partial charge in [-0.15, -0.1) is 0 Å². The molecule has 0 radical (unpaired) electrons. The number of ether oxygens (including phenoxy) is 3. The van der Waals surface area contributed by atoms with Gasteiger partial charge < -0.3 is 19.5 Å². The topological polar surface area (TPSA) is 68.8 Å². The summed E-state index contributed by atoms with van der Waals surface area (Å²) in [6.45, 7) is 1.64. The van der Waals surface area contributed by atoms with Crippen LogP contribution in [0.15, 0.2) is 48.5 Å². The molecule has 31 heavy (non-hydrogen) atoms. The molecular formula is C25H32N2O4. The fourth-order valence-corrected chi connectivity index (χ4v) is 4.64. The normalized spacial score (nSPS) is 26.1. The lowest BCUT2D eigenvalue weighted by molar-refractivity contribution is -0.155. The zero-order chi connectivity index (χ0) is 21.6. The summed E-state index contributed by atoms with van der Waals surface area (Å²) in [5.41, 5.74) is 2.51. The van der Waals surface area contributed by atoms with Crippen molar-refractivity contribution in [2.45, 2.75) is 49.8 Å². The van der Waals surface area contributed by atoms with Gasteiger partial charge in [-0.1, -0.05) is 24.3 Å². The van der Waals surface area contributed by atoms with Crippen LogP contribution >= 0.6 is 0 Å². The van der Waals surface area contributed by atoms with Crippen molar-refractivity contribution in [2.75, 3.05) is 27.3 Å². The van der Waals surface area contributed by atoms with Gasteiger partial charge in [-0.3, -0.25) is 10.1 Å². The number of benzene rings is 2. The monoisotopic (exact) mass is 424 g/mol. The van der Waals surface area contributed by atoms with Crippen molar-refractivity contribution in [3.05, 3.63) is 59.7 Å². The van der Waals surface area contributed by atoms with Crippen LogP contribution in [0, 0.1) is 0 Å². The number of esters is 1. The van der Waals surface area contributed by atoms with Gasteiger partial charge in [0.1, 0.15) is 17.5 Å². The molecule has 0 saturated carbocycles. The highest BCUT2D eigenvalue weighted by atomic mass is 16.6. The van der Waals surface area contributed by atoms with E-state index < -0.39 is 0 Å². The van der Waals surface area contributed by atoms with Gasteiger partial charge in [0.25, 0.3) is 0 Å². The molecular weight excluding hydrogens is 392 g/mol. The molecule has 4 atom stereocenters. The SMILES string of the molecule is COc1ccc(C2CCNC(OC(=O)C3CC(c4ccc(OC)cc4)CCN3)C2)cc1. The third-order valence-electron chi connectivity index (χ3n) is 6.48. The average molecular weight is 425 g/mol. The highest BCUT2D eigenvalue weighted by Crippen LogP contribution is 2.31. The third-order valence-corrected chi connectivity index (χ3v) is 6.48. The maximum atomic E-state index is 12.9. The molecule has 4 rings (SSSR count). The van der Waals surface area contributed by atoms with E-state index in [4.69, 9.17) is 14.2 Å². The molecule has 2 heterocycles. The minimum Gasteiger partial charge on any atom is -0.497 e. The van der Waals surface area contributed by atoms with Crippen molar-refractivity contribution in [3.8, 4) is 11.5 Å². The van der Waals surface area contributed by atoms with Crippen LogP contribution in [0.4, 0.5) is 0 Å². The Morgan fingerprint density at radius 2 is 1.29 bits per heavy atom. The summed E-state index contributed by atoms with van der Waals surface area (Å²) < 4.78 is 16.4. The molecule has 2 fully saturated rings. The number of carbonyl (C=O) groups excluding carboxylic acids is 1. The second kappa shape index (κ2) is 10.2. The van der Waals surface area contributed by atoms with Crippen LogP contribution in [-0.2, 0) is 9.53 Å². The molecule has 166 valence electrons. The van der Waals surface area contributed by atoms with Crippen molar-refractivity contribution in [1.82, 2.24) is 10.6 Å². The number of carbonyl (C=O) groups is 1. The second-order valence-corrected chi connectivity index (χ2v) is 8.38. The Hall–Kier alpha value is -2.57. The summed E-state index contributed by atoms with van der Waals surface area (Å²) in [6.07, 6.45) is 3.32. The van der Waals surface area contributed by atoms with E-state index in [2.05, 4.69) is 34.9 Å². The van der Waals surface area contributed by atoms with Gasteiger partial charge in [-0.25, -0.2) is 0 Å². The smallest absolute Gasteiger partial charge is 0.324 e. The molecule has 0 aromatic heterocycles. The molecule has 4 unspecified atom stereocenters. The molecule has 2 aliphatic heterocycles. The van der Waals surface area contributed by atoms with Crippen LogP contribution in [0.3, 0.4) is 0 Å². The first-order chi connectivity index (χ1) is 15.2. The van der Waals surface area contributed by atoms with Gasteiger partial charge in [0.15, 0.2) is 6.23 Å². The van der Waals surface area contributed by atoms with Crippen LogP contribution < -0.4 is 20.1 Å². The standard InChI is InChI=1S/C25H32N2O4/c1-29-21-7-3-17(4-8-21)19-11-13-26-23(15-19)25(28)31-24-16-20(12-14-27-24)18-5-9-22(30-2)10-6-18/h3-10,19-20,23-24,26-27H,11-16H2,1-2H3. The number of methoxy groups -OCH3 is 2. The maximum Gasteiger partial charge on any atom is 0.324 e. The summed E-state index contributed by atoms with van der Waals surface area (Å²) in [5.74, 6) is 2.26. The zero-order valence-electron chi connectivity index (χ0n) is 18.3. The molecule has 2 aliphatic rings. The minimum absolute atomic E-state index is 0.161. The van der Waals surface area contributed by atoms with E-state index >= 15 is 0 Å². The Labute approximate surface area is 184 Å². The second-order valence-electron chi connectivity index (χ2n) is 8.38. The van der Waals surface area contributed by atoms with Crippen LogP contribution in [0.5, 0.6) is 11.5 Å². The molecule has 0 bridgehead atoms. The number of hydrogen-bond acceptors (Lipinski definition) is 6. The lowest BCUT2D eigenvalue weighted by Gasteiger charge is -2.33. The summed E-state index contributed by atoms with van der Waals surface area (Å²) in [5, 5.41) is 6.70. The Morgan fingerprint density at radius 1 is 0.774 bits per heavy atom. The third kappa shape index (κ3) is 5.38. The van der Waals surface area contributed by atoms with Crippen LogP contribution in [-0.4, -0.2) is 45.5 Å². The summed E-state index contributed by atoms with van der Waals surface area (Å²) in [7, 11) is 3.34. The van der Waals surface area contributed by atoms with Gasteiger partial charge in [-0.05, 0) is 79.6 Å². The first-order valence-corrected chi connectivity index (χ1v) is 11.1. The summed E-state index contributed by atoms with van der Waals surface area (Å²) in [6, 6.07) is 16.1. The fraction of sp³-hybridized carbons (Fsp3) is 0.480. The summed E-state index contributed by atoms with van der Waals surface area (Å²) >= 11 is 0. The van der Waals surface area contributed by atoms with Gasteiger partial charge in [0, 0.05) is 6.42 Å². The zero-order valence-corrected chi connectivity index (χ0v) is 18.3. The molecule has 6 nitrogen and oxygen atoms in total. The maximum absolute atomic E-state index is 12.9. The van der Waals surface area contributed by atoms with E-state index in [0.29, 0.717) is 11.8 Å². The highest BCUT2D eigenvalue weighted by Gasteiger charge is 2.32. The Balaban J connectivity index is 1.33. The van der Waals surface area contributed by atoms with E-state index in [0.717, 1.165) is 50.3 Å². The van der Waals surface area contributed by atoms with Gasteiger partial charge in [0.05, 0.1) is 14.2 Å². The first kappa shape index (κ1) is 21.7. The Morgan fingerprint density at radius 3 is 1.84 bits per heavy atom. The van der Waals surface area contributed by atoms with Crippen molar-refractivity contribution >= 4 is 5.97 Å². The van der Waals surface area contributed by atoms with Gasteiger partial charge in [-0.2, -0.15) is 0 Å². The summed E-state index contributed by atoms with van der Waals surface area (Å²) in [4.78, 5) is 12.9. The number of piperidine rings is 2. The minimum atomic E-state index is -0.274. The lowest BCUT2D eigenvalue weighted by atomic mass is 9.86. The van der Waals surface area contributed by atoms with Gasteiger partial charge in [0.2, 0.25) is 0 Å². The predicted octanol–water partition coefficient (Wildman–Crippen LogP) is 3.58. The van der Waals surface area contributed by atoms with Crippen molar-refractivity contribution in [2.24, 2.45) is 0 Å². The van der Waals surface area contributed by atoms with Crippen LogP contribution in [0.2, 0.25) is 0 Å². The number of rotatable bonds is 6. The largest absolute Gasteiger partial charge is 0.497 e. The average Bonchev–Trinajstić information content (AvgIpc) is 2.84. The van der Waals surface area contributed by atoms with E-state index in [1.807, 2.05) is 24.3 Å². The van der Waals surface area contributed by atoms with E-state index in [1.165, 1.54) is 11.1 Å². The van der Waals surface area contributed by atoms with Crippen LogP contribution in [0.1, 0.15) is 48.6 Å². The van der Waals surface area contributed by atoms with E-state index in [9.17, 15) is 4.79 Å². The molecule has 2 N–H and O–H groups in total. The van der Waals surface area contributed by atoms with Gasteiger partial charge >= 0.3 is 5.97 Å². The number of hydrogen-bond donors (Lipinski definition) is 2. The Bertz CT molecular complexity index is 853. The molecule has 2 aromatic carbocycles. The number of nitrogens with one attached hydrogen (secondary N) is 2. The quantitative estimate of drug-likeness (QED) is 0.691. The Kier molecular flexibility index (Phi) is 7.10. The first-order valence-electron chi connectivity index (χ1n) is 11.1. The molecule has 2 saturated heterocycles. The van der Waals surface area contributed by atoms with E-state index in [-0.39, 0.29) is 18.2 Å². The molecule has 0 spiro atoms. The van der Waals surface area contributed by atoms with E-state index in [1.54, 1.807) is 14.2 Å². The molecule has 0 aliphatic carbocycles. The molecule has 0 amide bonds. The fourth-order valence-electron chi connectivity index (χ4n) is 4.64. The van der Waals surface area contributed by atoms with Crippen molar-refractivity contribution in [3.63, 3.8) is 0 Å². The van der Waals surface area contributed by atoms with Crippen LogP contribution in [0.25, 0.3) is 0 Å². The highest BCUT2D eigenvalue weighted by molar-refractivity contribution is 5.76. The van der Waals surface area contributed by atoms with Crippen molar-refractivity contribution < 1.29 is 19.0 Å².